The molecule has 0 aliphatic carbocycles. The summed E-state index contributed by atoms with van der Waals surface area (Å²) in [7, 11) is 0. The summed E-state index contributed by atoms with van der Waals surface area (Å²) < 4.78 is 7.79. The molecule has 6 rings (SSSR count). The fraction of sp³-hybridized carbons (Fsp3) is 0.241. The number of benzene rings is 1. The Balaban J connectivity index is 1.23. The summed E-state index contributed by atoms with van der Waals surface area (Å²) in [5.41, 5.74) is 3.56. The lowest BCUT2D eigenvalue weighted by Crippen LogP contribution is -2.61. The molecule has 0 bridgehead atoms. The zero-order valence-electron chi connectivity index (χ0n) is 22.6. The van der Waals surface area contributed by atoms with E-state index >= 15 is 0 Å². The molecule has 0 radical (unpaired) electrons. The number of anilines is 3. The molecule has 0 atom stereocenters. The van der Waals surface area contributed by atoms with Crippen LogP contribution in [0.1, 0.15) is 19.4 Å². The standard InChI is InChI=1S/C29H29N9O2/c1-5-26(39)37-13-12-36(16-29(37,3)4)24-9-7-22-27(35-24)28(32-17-30-22)34-20-6-8-23(19(2)14-20)40-21-10-11-38-25(15-21)31-18-33-38/h5-11,14-15,17-18H,1,12-13,16H2,2-4H3,(H,30,32,34). The normalized spacial score (nSPS) is 14.9. The minimum absolute atomic E-state index is 0.0564. The van der Waals surface area contributed by atoms with Gasteiger partial charge in [0.25, 0.3) is 0 Å². The highest BCUT2D eigenvalue weighted by Gasteiger charge is 2.36. The Kier molecular flexibility index (Phi) is 6.25. The van der Waals surface area contributed by atoms with E-state index < -0.39 is 0 Å². The van der Waals surface area contributed by atoms with Gasteiger partial charge in [-0.25, -0.2) is 24.5 Å². The number of fused-ring (bicyclic) bond motifs is 2. The van der Waals surface area contributed by atoms with Gasteiger partial charge in [0, 0.05) is 37.6 Å². The first-order valence-electron chi connectivity index (χ1n) is 13.0. The highest BCUT2D eigenvalue weighted by Crippen LogP contribution is 2.31. The molecule has 40 heavy (non-hydrogen) atoms. The number of aryl methyl sites for hydroxylation is 1. The lowest BCUT2D eigenvalue weighted by Gasteiger charge is -2.47. The van der Waals surface area contributed by atoms with Crippen LogP contribution in [0.2, 0.25) is 0 Å². The third-order valence-corrected chi connectivity index (χ3v) is 7.05. The van der Waals surface area contributed by atoms with E-state index in [0.29, 0.717) is 42.4 Å². The molecular formula is C29H29N9O2. The van der Waals surface area contributed by atoms with Gasteiger partial charge in [0.05, 0.1) is 11.1 Å². The number of hydrogen-bond donors (Lipinski definition) is 1. The Hall–Kier alpha value is -5.06. The minimum atomic E-state index is -0.364. The fourth-order valence-electron chi connectivity index (χ4n) is 5.03. The van der Waals surface area contributed by atoms with E-state index in [1.165, 1.54) is 18.7 Å². The Morgan fingerprint density at radius 3 is 2.75 bits per heavy atom. The van der Waals surface area contributed by atoms with Gasteiger partial charge in [0.1, 0.15) is 35.5 Å². The molecule has 1 amide bonds. The molecule has 0 unspecified atom stereocenters. The highest BCUT2D eigenvalue weighted by atomic mass is 16.5. The van der Waals surface area contributed by atoms with E-state index in [0.717, 1.165) is 28.3 Å². The van der Waals surface area contributed by atoms with Gasteiger partial charge >= 0.3 is 0 Å². The number of piperazine rings is 1. The zero-order valence-corrected chi connectivity index (χ0v) is 22.6. The first-order chi connectivity index (χ1) is 19.3. The molecule has 5 aromatic rings. The van der Waals surface area contributed by atoms with Crippen molar-refractivity contribution >= 4 is 39.9 Å². The molecule has 202 valence electrons. The first-order valence-corrected chi connectivity index (χ1v) is 13.0. The minimum Gasteiger partial charge on any atom is -0.457 e. The lowest BCUT2D eigenvalue weighted by molar-refractivity contribution is -0.131. The number of rotatable bonds is 6. The molecular weight excluding hydrogens is 506 g/mol. The van der Waals surface area contributed by atoms with Gasteiger partial charge in [-0.3, -0.25) is 4.79 Å². The molecule has 11 heteroatoms. The number of ether oxygens (including phenoxy) is 1. The average molecular weight is 536 g/mol. The van der Waals surface area contributed by atoms with Crippen molar-refractivity contribution in [1.82, 2.24) is 34.4 Å². The summed E-state index contributed by atoms with van der Waals surface area (Å²) in [5.74, 6) is 2.78. The average Bonchev–Trinajstić information content (AvgIpc) is 3.41. The monoisotopic (exact) mass is 535 g/mol. The van der Waals surface area contributed by atoms with E-state index in [1.54, 1.807) is 4.52 Å². The summed E-state index contributed by atoms with van der Waals surface area (Å²) in [6.07, 6.45) is 6.22. The molecule has 1 aliphatic heterocycles. The maximum Gasteiger partial charge on any atom is 0.246 e. The van der Waals surface area contributed by atoms with Crippen molar-refractivity contribution in [3.8, 4) is 11.5 Å². The van der Waals surface area contributed by atoms with Gasteiger partial charge in [-0.05, 0) is 68.8 Å². The molecule has 11 nitrogen and oxygen atoms in total. The van der Waals surface area contributed by atoms with Crippen molar-refractivity contribution in [1.29, 1.82) is 0 Å². The number of nitrogens with zero attached hydrogens (tertiary/aromatic N) is 8. The zero-order chi connectivity index (χ0) is 27.9. The fourth-order valence-corrected chi connectivity index (χ4v) is 5.03. The van der Waals surface area contributed by atoms with Gasteiger partial charge in [-0.1, -0.05) is 6.58 Å². The SMILES string of the molecule is C=CC(=O)N1CCN(c2ccc3ncnc(Nc4ccc(Oc5ccn6ncnc6c5)c(C)c4)c3n2)CC1(C)C. The second-order valence-corrected chi connectivity index (χ2v) is 10.3. The van der Waals surface area contributed by atoms with Crippen LogP contribution in [0.3, 0.4) is 0 Å². The van der Waals surface area contributed by atoms with Crippen LogP contribution in [-0.4, -0.2) is 65.5 Å². The summed E-state index contributed by atoms with van der Waals surface area (Å²) in [5, 5.41) is 7.52. The number of amides is 1. The summed E-state index contributed by atoms with van der Waals surface area (Å²) in [6.45, 7) is 11.7. The molecule has 1 saturated heterocycles. The molecule has 1 aromatic carbocycles. The Morgan fingerprint density at radius 1 is 1.07 bits per heavy atom. The number of aromatic nitrogens is 6. The van der Waals surface area contributed by atoms with Gasteiger partial charge in [-0.15, -0.1) is 0 Å². The predicted octanol–water partition coefficient (Wildman–Crippen LogP) is 4.53. The number of carbonyl (C=O) groups is 1. The van der Waals surface area contributed by atoms with E-state index in [2.05, 4.69) is 50.7 Å². The van der Waals surface area contributed by atoms with Crippen LogP contribution in [0.25, 0.3) is 16.7 Å². The van der Waals surface area contributed by atoms with Crippen LogP contribution in [-0.2, 0) is 4.79 Å². The van der Waals surface area contributed by atoms with E-state index in [9.17, 15) is 4.79 Å². The topological polar surface area (TPSA) is 114 Å². The number of nitrogens with one attached hydrogen (secondary N) is 1. The maximum absolute atomic E-state index is 12.3. The molecule has 1 fully saturated rings. The molecule has 1 aliphatic rings. The lowest BCUT2D eigenvalue weighted by atomic mass is 9.98. The Bertz CT molecular complexity index is 1750. The van der Waals surface area contributed by atoms with E-state index in [1.807, 2.05) is 60.5 Å². The molecule has 0 saturated carbocycles. The Morgan fingerprint density at radius 2 is 1.95 bits per heavy atom. The predicted molar refractivity (Wildman–Crippen MR) is 153 cm³/mol. The number of hydrogen-bond acceptors (Lipinski definition) is 9. The highest BCUT2D eigenvalue weighted by molar-refractivity contribution is 5.89. The summed E-state index contributed by atoms with van der Waals surface area (Å²) in [4.78, 5) is 34.4. The van der Waals surface area contributed by atoms with Crippen molar-refractivity contribution < 1.29 is 9.53 Å². The van der Waals surface area contributed by atoms with Gasteiger partial charge < -0.3 is 19.9 Å². The van der Waals surface area contributed by atoms with Crippen molar-refractivity contribution in [3.05, 3.63) is 79.5 Å². The van der Waals surface area contributed by atoms with E-state index in [4.69, 9.17) is 9.72 Å². The second-order valence-electron chi connectivity index (χ2n) is 10.3. The molecule has 5 heterocycles. The van der Waals surface area contributed by atoms with Gasteiger partial charge in [0.2, 0.25) is 5.91 Å². The van der Waals surface area contributed by atoms with Gasteiger partial charge in [0.15, 0.2) is 11.5 Å². The largest absolute Gasteiger partial charge is 0.457 e. The number of carbonyl (C=O) groups excluding carboxylic acids is 1. The second kappa shape index (κ2) is 9.92. The third kappa shape index (κ3) is 4.77. The van der Waals surface area contributed by atoms with Crippen LogP contribution in [0, 0.1) is 6.92 Å². The maximum atomic E-state index is 12.3. The van der Waals surface area contributed by atoms with Crippen LogP contribution < -0.4 is 15.0 Å². The van der Waals surface area contributed by atoms with Crippen LogP contribution in [0.4, 0.5) is 17.3 Å². The smallest absolute Gasteiger partial charge is 0.246 e. The summed E-state index contributed by atoms with van der Waals surface area (Å²) in [6, 6.07) is 13.5. The quantitative estimate of drug-likeness (QED) is 0.313. The van der Waals surface area contributed by atoms with Crippen LogP contribution in [0.15, 0.2) is 74.0 Å². The molecule has 0 spiro atoms. The van der Waals surface area contributed by atoms with Crippen molar-refractivity contribution in [2.24, 2.45) is 0 Å². The first kappa shape index (κ1) is 25.2. The molecule has 4 aromatic heterocycles. The van der Waals surface area contributed by atoms with Gasteiger partial charge in [-0.2, -0.15) is 5.10 Å². The van der Waals surface area contributed by atoms with Crippen molar-refractivity contribution in [3.63, 3.8) is 0 Å². The van der Waals surface area contributed by atoms with Crippen molar-refractivity contribution in [2.75, 3.05) is 29.9 Å². The van der Waals surface area contributed by atoms with Crippen LogP contribution in [0.5, 0.6) is 11.5 Å². The van der Waals surface area contributed by atoms with E-state index in [-0.39, 0.29) is 11.4 Å². The van der Waals surface area contributed by atoms with Crippen molar-refractivity contribution in [2.45, 2.75) is 26.3 Å². The third-order valence-electron chi connectivity index (χ3n) is 7.05. The number of pyridine rings is 2. The Labute approximate surface area is 231 Å². The van der Waals surface area contributed by atoms with Crippen LogP contribution >= 0.6 is 0 Å². The summed E-state index contributed by atoms with van der Waals surface area (Å²) >= 11 is 0. The molecule has 1 N–H and O–H groups in total.